The van der Waals surface area contributed by atoms with Crippen LogP contribution in [-0.4, -0.2) is 17.9 Å². The molecule has 0 saturated heterocycles. The Bertz CT molecular complexity index is 1440. The van der Waals surface area contributed by atoms with Crippen LogP contribution in [0.15, 0.2) is 69.6 Å². The molecule has 2 amide bonds. The first-order valence-corrected chi connectivity index (χ1v) is 12.6. The number of aryl methyl sites for hydroxylation is 1. The number of rotatable bonds is 4. The molecule has 2 aliphatic rings. The molecule has 6 rings (SSSR count). The summed E-state index contributed by atoms with van der Waals surface area (Å²) in [6.07, 6.45) is 3.09. The van der Waals surface area contributed by atoms with Gasteiger partial charge in [-0.3, -0.25) is 9.59 Å². The number of amides is 2. The number of anilines is 1. The number of nitrogens with one attached hydrogen (secondary N) is 2. The molecule has 34 heavy (non-hydrogen) atoms. The fourth-order valence-electron chi connectivity index (χ4n) is 6.02. The van der Waals surface area contributed by atoms with Gasteiger partial charge in [-0.15, -0.1) is 0 Å². The summed E-state index contributed by atoms with van der Waals surface area (Å²) in [5.41, 5.74) is 3.95. The maximum Gasteiger partial charge on any atom is 0.251 e. The molecular weight excluding hydrogens is 492 g/mol. The van der Waals surface area contributed by atoms with Gasteiger partial charge in [0.25, 0.3) is 5.91 Å². The van der Waals surface area contributed by atoms with Crippen molar-refractivity contribution < 1.29 is 14.0 Å². The van der Waals surface area contributed by atoms with Crippen molar-refractivity contribution in [3.8, 4) is 0 Å². The number of carbonyl (C=O) groups is 2. The number of fused-ring (bicyclic) bond motifs is 5. The van der Waals surface area contributed by atoms with Crippen molar-refractivity contribution in [1.29, 1.82) is 0 Å². The highest BCUT2D eigenvalue weighted by Gasteiger charge is 2.51. The molecule has 5 nitrogen and oxygen atoms in total. The Kier molecular flexibility index (Phi) is 5.21. The first kappa shape index (κ1) is 21.4. The number of benzene rings is 3. The lowest BCUT2D eigenvalue weighted by Crippen LogP contribution is -2.48. The Labute approximate surface area is 206 Å². The number of hydrogen-bond acceptors (Lipinski definition) is 3. The number of furan rings is 1. The molecule has 4 atom stereocenters. The molecule has 6 heteroatoms. The van der Waals surface area contributed by atoms with Crippen molar-refractivity contribution in [1.82, 2.24) is 5.32 Å². The van der Waals surface area contributed by atoms with Crippen LogP contribution in [-0.2, 0) is 4.79 Å². The van der Waals surface area contributed by atoms with Crippen LogP contribution < -0.4 is 10.6 Å². The Balaban J connectivity index is 1.24. The predicted molar refractivity (Wildman–Crippen MR) is 137 cm³/mol. The highest BCUT2D eigenvalue weighted by Crippen LogP contribution is 2.49. The molecule has 0 spiro atoms. The zero-order chi connectivity index (χ0) is 23.4. The molecule has 0 radical (unpaired) electrons. The van der Waals surface area contributed by atoms with Gasteiger partial charge in [0.15, 0.2) is 0 Å². The predicted octanol–water partition coefficient (Wildman–Crippen LogP) is 6.44. The average Bonchev–Trinajstić information content (AvgIpc) is 3.52. The zero-order valence-corrected chi connectivity index (χ0v) is 20.4. The maximum absolute atomic E-state index is 13.5. The van der Waals surface area contributed by atoms with Gasteiger partial charge in [0, 0.05) is 32.5 Å². The lowest BCUT2D eigenvalue weighted by atomic mass is 9.83. The van der Waals surface area contributed by atoms with Gasteiger partial charge < -0.3 is 15.1 Å². The molecule has 2 N–H and O–H groups in total. The highest BCUT2D eigenvalue weighted by atomic mass is 79.9. The van der Waals surface area contributed by atoms with Gasteiger partial charge in [-0.25, -0.2) is 0 Å². The monoisotopic (exact) mass is 516 g/mol. The summed E-state index contributed by atoms with van der Waals surface area (Å²) < 4.78 is 6.85. The third-order valence-corrected chi connectivity index (χ3v) is 8.09. The molecule has 1 aromatic heterocycles. The molecule has 3 aromatic carbocycles. The molecule has 0 aliphatic heterocycles. The summed E-state index contributed by atoms with van der Waals surface area (Å²) in [5, 5.41) is 8.38. The van der Waals surface area contributed by atoms with Crippen LogP contribution in [0.5, 0.6) is 0 Å². The number of hydrogen-bond donors (Lipinski definition) is 2. The first-order chi connectivity index (χ1) is 16.5. The Hall–Kier alpha value is -3.12. The van der Waals surface area contributed by atoms with E-state index in [1.807, 2.05) is 67.6 Å². The molecule has 172 valence electrons. The van der Waals surface area contributed by atoms with Crippen molar-refractivity contribution in [3.63, 3.8) is 0 Å². The van der Waals surface area contributed by atoms with E-state index < -0.39 is 0 Å². The van der Waals surface area contributed by atoms with Crippen LogP contribution in [0.2, 0.25) is 0 Å². The molecule has 2 bridgehead atoms. The molecule has 4 aromatic rings. The molecule has 2 fully saturated rings. The van der Waals surface area contributed by atoms with Crippen LogP contribution in [0.3, 0.4) is 0 Å². The van der Waals surface area contributed by atoms with Crippen LogP contribution in [0.1, 0.15) is 35.2 Å². The summed E-state index contributed by atoms with van der Waals surface area (Å²) in [7, 11) is 0. The first-order valence-electron chi connectivity index (χ1n) is 11.8. The summed E-state index contributed by atoms with van der Waals surface area (Å²) >= 11 is 3.46. The Morgan fingerprint density at radius 2 is 1.74 bits per heavy atom. The van der Waals surface area contributed by atoms with Gasteiger partial charge in [0.05, 0.1) is 5.92 Å². The second-order valence-electron chi connectivity index (χ2n) is 9.62. The molecule has 0 unspecified atom stereocenters. The van der Waals surface area contributed by atoms with E-state index in [0.717, 1.165) is 56.9 Å². The quantitative estimate of drug-likeness (QED) is 0.327. The van der Waals surface area contributed by atoms with Gasteiger partial charge in [0.1, 0.15) is 11.2 Å². The van der Waals surface area contributed by atoms with Crippen LogP contribution >= 0.6 is 15.9 Å². The number of para-hydroxylation sites is 1. The average molecular weight is 517 g/mol. The van der Waals surface area contributed by atoms with Crippen molar-refractivity contribution in [2.24, 2.45) is 17.8 Å². The van der Waals surface area contributed by atoms with E-state index in [2.05, 4.69) is 26.6 Å². The van der Waals surface area contributed by atoms with E-state index >= 15 is 0 Å². The second-order valence-corrected chi connectivity index (χ2v) is 10.5. The van der Waals surface area contributed by atoms with E-state index in [-0.39, 0.29) is 23.8 Å². The summed E-state index contributed by atoms with van der Waals surface area (Å²) in [6.45, 7) is 1.93. The summed E-state index contributed by atoms with van der Waals surface area (Å²) in [6, 6.07) is 19.2. The van der Waals surface area contributed by atoms with Crippen LogP contribution in [0.4, 0.5) is 5.69 Å². The van der Waals surface area contributed by atoms with E-state index in [1.165, 1.54) is 0 Å². The van der Waals surface area contributed by atoms with Crippen LogP contribution in [0, 0.1) is 24.7 Å². The molecule has 2 saturated carbocycles. The van der Waals surface area contributed by atoms with Crippen molar-refractivity contribution in [2.75, 3.05) is 5.32 Å². The molecular formula is C28H25BrN2O3. The number of carbonyl (C=O) groups excluding carboxylic acids is 2. The van der Waals surface area contributed by atoms with E-state index in [1.54, 1.807) is 0 Å². The standard InChI is InChI=1S/C28H25BrN2O3/c1-15-12-18(29)8-10-20(15)27(32)31-26-17-7-6-16(13-17)25(26)28(33)30-19-9-11-24-22(14-19)21-4-2-3-5-23(21)34-24/h2-5,8-12,14,16-17,25-26H,6-7,13H2,1H3,(H,30,33)(H,31,32)/t16-,17+,25-,26+/m0/s1. The van der Waals surface area contributed by atoms with Gasteiger partial charge in [-0.05, 0) is 86.1 Å². The minimum absolute atomic E-state index is 0.0165. The number of halogens is 1. The third kappa shape index (κ3) is 3.61. The SMILES string of the molecule is Cc1cc(Br)ccc1C(=O)N[C@@H]1[C@@H]2CC[C@@H](C2)[C@@H]1C(=O)Nc1ccc2oc3ccccc3c2c1. The van der Waals surface area contributed by atoms with E-state index in [4.69, 9.17) is 4.42 Å². The third-order valence-electron chi connectivity index (χ3n) is 7.59. The molecule has 1 heterocycles. The Morgan fingerprint density at radius 3 is 2.59 bits per heavy atom. The Morgan fingerprint density at radius 1 is 0.941 bits per heavy atom. The van der Waals surface area contributed by atoms with Crippen molar-refractivity contribution >= 4 is 55.4 Å². The van der Waals surface area contributed by atoms with E-state index in [9.17, 15) is 9.59 Å². The lowest BCUT2D eigenvalue weighted by molar-refractivity contribution is -0.122. The molecule has 2 aliphatic carbocycles. The fourth-order valence-corrected chi connectivity index (χ4v) is 6.49. The zero-order valence-electron chi connectivity index (χ0n) is 18.8. The minimum Gasteiger partial charge on any atom is -0.456 e. The highest BCUT2D eigenvalue weighted by molar-refractivity contribution is 9.10. The van der Waals surface area contributed by atoms with E-state index in [0.29, 0.717) is 17.4 Å². The topological polar surface area (TPSA) is 71.3 Å². The van der Waals surface area contributed by atoms with Gasteiger partial charge in [-0.2, -0.15) is 0 Å². The summed E-state index contributed by atoms with van der Waals surface area (Å²) in [5.74, 6) is 0.305. The van der Waals surface area contributed by atoms with Gasteiger partial charge in [0.2, 0.25) is 5.91 Å². The fraction of sp³-hybridized carbons (Fsp3) is 0.286. The largest absolute Gasteiger partial charge is 0.456 e. The smallest absolute Gasteiger partial charge is 0.251 e. The van der Waals surface area contributed by atoms with Gasteiger partial charge >= 0.3 is 0 Å². The van der Waals surface area contributed by atoms with Crippen molar-refractivity contribution in [2.45, 2.75) is 32.2 Å². The van der Waals surface area contributed by atoms with Crippen LogP contribution in [0.25, 0.3) is 21.9 Å². The second kappa shape index (κ2) is 8.27. The minimum atomic E-state index is -0.227. The summed E-state index contributed by atoms with van der Waals surface area (Å²) in [4.78, 5) is 26.6. The van der Waals surface area contributed by atoms with Gasteiger partial charge in [-0.1, -0.05) is 34.1 Å². The lowest BCUT2D eigenvalue weighted by Gasteiger charge is -2.31. The van der Waals surface area contributed by atoms with Crippen molar-refractivity contribution in [3.05, 3.63) is 76.3 Å². The maximum atomic E-state index is 13.5. The normalized spacial score (nSPS) is 23.5.